The molecule has 1 aliphatic rings. The van der Waals surface area contributed by atoms with E-state index in [1.807, 2.05) is 25.1 Å². The van der Waals surface area contributed by atoms with Gasteiger partial charge in [-0.05, 0) is 19.1 Å². The Bertz CT molecular complexity index is 553. The van der Waals surface area contributed by atoms with Crippen LogP contribution in [0.25, 0.3) is 11.0 Å². The molecule has 4 nitrogen and oxygen atoms in total. The van der Waals surface area contributed by atoms with E-state index in [0.717, 1.165) is 16.8 Å². The van der Waals surface area contributed by atoms with E-state index in [0.29, 0.717) is 6.61 Å². The number of nitrogens with one attached hydrogen (secondary N) is 1. The summed E-state index contributed by atoms with van der Waals surface area (Å²) in [6, 6.07) is 5.76. The Kier molecular flexibility index (Phi) is 1.32. The molecule has 1 atom stereocenters. The summed E-state index contributed by atoms with van der Waals surface area (Å²) in [4.78, 5) is 14.4. The standard InChI is InChI=1S/C10H10N2O2/c1-6-5-14-8-4-2-3-7-9(8)12(6)10(13)11-7/h2-4,6H,5H2,1H3,(H,11,13)/t6-/m1/s1. The molecule has 14 heavy (non-hydrogen) atoms. The Balaban J connectivity index is 2.54. The molecule has 1 aromatic heterocycles. The van der Waals surface area contributed by atoms with E-state index in [1.165, 1.54) is 0 Å². The highest BCUT2D eigenvalue weighted by atomic mass is 16.5. The number of benzene rings is 1. The van der Waals surface area contributed by atoms with Crippen molar-refractivity contribution in [2.45, 2.75) is 13.0 Å². The normalized spacial score (nSPS) is 19.6. The second kappa shape index (κ2) is 2.41. The number of imidazole rings is 1. The van der Waals surface area contributed by atoms with Crippen LogP contribution in [0.1, 0.15) is 13.0 Å². The maximum Gasteiger partial charge on any atom is 0.326 e. The van der Waals surface area contributed by atoms with E-state index in [4.69, 9.17) is 4.74 Å². The van der Waals surface area contributed by atoms with Crippen molar-refractivity contribution < 1.29 is 4.74 Å². The number of para-hydroxylation sites is 1. The highest BCUT2D eigenvalue weighted by Gasteiger charge is 2.21. The number of aromatic nitrogens is 2. The highest BCUT2D eigenvalue weighted by molar-refractivity contribution is 5.82. The van der Waals surface area contributed by atoms with Crippen molar-refractivity contribution in [1.29, 1.82) is 0 Å². The van der Waals surface area contributed by atoms with E-state index < -0.39 is 0 Å². The minimum Gasteiger partial charge on any atom is -0.489 e. The third kappa shape index (κ3) is 0.801. The molecule has 72 valence electrons. The molecule has 0 radical (unpaired) electrons. The summed E-state index contributed by atoms with van der Waals surface area (Å²) in [7, 11) is 0. The monoisotopic (exact) mass is 190 g/mol. The average molecular weight is 190 g/mol. The molecule has 1 aliphatic heterocycles. The van der Waals surface area contributed by atoms with Gasteiger partial charge in [-0.15, -0.1) is 0 Å². The van der Waals surface area contributed by atoms with Crippen LogP contribution < -0.4 is 10.4 Å². The summed E-state index contributed by atoms with van der Waals surface area (Å²) < 4.78 is 7.30. The van der Waals surface area contributed by atoms with Gasteiger partial charge in [0.15, 0.2) is 0 Å². The van der Waals surface area contributed by atoms with Gasteiger partial charge < -0.3 is 9.72 Å². The maximum atomic E-state index is 11.6. The molecule has 3 rings (SSSR count). The molecule has 4 heteroatoms. The summed E-state index contributed by atoms with van der Waals surface area (Å²) in [5, 5.41) is 0. The zero-order valence-electron chi connectivity index (χ0n) is 7.78. The molecule has 0 amide bonds. The van der Waals surface area contributed by atoms with Gasteiger partial charge in [0.05, 0.1) is 11.6 Å². The van der Waals surface area contributed by atoms with E-state index >= 15 is 0 Å². The van der Waals surface area contributed by atoms with E-state index in [9.17, 15) is 4.79 Å². The number of nitrogens with zero attached hydrogens (tertiary/aromatic N) is 1. The van der Waals surface area contributed by atoms with Crippen molar-refractivity contribution in [2.75, 3.05) is 6.61 Å². The molecule has 2 heterocycles. The lowest BCUT2D eigenvalue weighted by Crippen LogP contribution is -2.27. The van der Waals surface area contributed by atoms with E-state index in [2.05, 4.69) is 4.98 Å². The molecule has 0 saturated carbocycles. The van der Waals surface area contributed by atoms with Gasteiger partial charge in [0, 0.05) is 0 Å². The molecular weight excluding hydrogens is 180 g/mol. The first-order valence-corrected chi connectivity index (χ1v) is 4.63. The van der Waals surface area contributed by atoms with Gasteiger partial charge in [0.1, 0.15) is 17.9 Å². The minimum absolute atomic E-state index is 0.0525. The van der Waals surface area contributed by atoms with Gasteiger partial charge in [0.2, 0.25) is 0 Å². The second-order valence-electron chi connectivity index (χ2n) is 3.61. The molecule has 0 fully saturated rings. The lowest BCUT2D eigenvalue weighted by molar-refractivity contribution is 0.245. The number of hydrogen-bond donors (Lipinski definition) is 1. The summed E-state index contributed by atoms with van der Waals surface area (Å²) >= 11 is 0. The number of rotatable bonds is 0. The van der Waals surface area contributed by atoms with Gasteiger partial charge in [-0.25, -0.2) is 4.79 Å². The molecule has 0 saturated heterocycles. The highest BCUT2D eigenvalue weighted by Crippen LogP contribution is 2.29. The van der Waals surface area contributed by atoms with Gasteiger partial charge in [0.25, 0.3) is 0 Å². The zero-order chi connectivity index (χ0) is 9.71. The lowest BCUT2D eigenvalue weighted by Gasteiger charge is -2.21. The molecule has 1 N–H and O–H groups in total. The summed E-state index contributed by atoms with van der Waals surface area (Å²) in [5.74, 6) is 0.791. The van der Waals surface area contributed by atoms with E-state index in [-0.39, 0.29) is 11.7 Å². The molecule has 0 unspecified atom stereocenters. The van der Waals surface area contributed by atoms with Crippen LogP contribution in [0.5, 0.6) is 5.75 Å². The predicted octanol–water partition coefficient (Wildman–Crippen LogP) is 1.28. The van der Waals surface area contributed by atoms with Gasteiger partial charge >= 0.3 is 5.69 Å². The van der Waals surface area contributed by atoms with E-state index in [1.54, 1.807) is 4.57 Å². The third-order valence-corrected chi connectivity index (χ3v) is 2.62. The lowest BCUT2D eigenvalue weighted by atomic mass is 10.2. The van der Waals surface area contributed by atoms with Crippen LogP contribution in [0, 0.1) is 0 Å². The smallest absolute Gasteiger partial charge is 0.326 e. The van der Waals surface area contributed by atoms with Gasteiger partial charge in [-0.2, -0.15) is 0 Å². The van der Waals surface area contributed by atoms with Gasteiger partial charge in [-0.1, -0.05) is 6.07 Å². The fourth-order valence-electron chi connectivity index (χ4n) is 1.97. The fourth-order valence-corrected chi connectivity index (χ4v) is 1.97. The Morgan fingerprint density at radius 2 is 2.43 bits per heavy atom. The van der Waals surface area contributed by atoms with Crippen molar-refractivity contribution in [3.63, 3.8) is 0 Å². The number of aromatic amines is 1. The van der Waals surface area contributed by atoms with Crippen molar-refractivity contribution in [3.05, 3.63) is 28.7 Å². The van der Waals surface area contributed by atoms with Crippen LogP contribution in [0.2, 0.25) is 0 Å². The second-order valence-corrected chi connectivity index (χ2v) is 3.61. The average Bonchev–Trinajstić information content (AvgIpc) is 2.51. The van der Waals surface area contributed by atoms with Crippen molar-refractivity contribution in [1.82, 2.24) is 9.55 Å². The predicted molar refractivity (Wildman–Crippen MR) is 52.8 cm³/mol. The Morgan fingerprint density at radius 1 is 1.57 bits per heavy atom. The Labute approximate surface area is 80.1 Å². The topological polar surface area (TPSA) is 47.0 Å². The summed E-state index contributed by atoms with van der Waals surface area (Å²) in [6.07, 6.45) is 0. The third-order valence-electron chi connectivity index (χ3n) is 2.62. The first-order chi connectivity index (χ1) is 6.77. The quantitative estimate of drug-likeness (QED) is 0.680. The SMILES string of the molecule is C[C@@H]1COc2cccc3[nH]c(=O)n1c23. The van der Waals surface area contributed by atoms with Gasteiger partial charge in [-0.3, -0.25) is 4.57 Å². The maximum absolute atomic E-state index is 11.6. The number of H-pyrrole nitrogens is 1. The van der Waals surface area contributed by atoms with Crippen LogP contribution in [-0.4, -0.2) is 16.2 Å². The molecule has 0 aliphatic carbocycles. The first-order valence-electron chi connectivity index (χ1n) is 4.63. The fraction of sp³-hybridized carbons (Fsp3) is 0.300. The van der Waals surface area contributed by atoms with Crippen molar-refractivity contribution >= 4 is 11.0 Å². The van der Waals surface area contributed by atoms with Crippen molar-refractivity contribution in [3.8, 4) is 5.75 Å². The van der Waals surface area contributed by atoms with Crippen LogP contribution in [-0.2, 0) is 0 Å². The first kappa shape index (κ1) is 7.67. The Hall–Kier alpha value is -1.71. The molecule has 0 spiro atoms. The largest absolute Gasteiger partial charge is 0.489 e. The summed E-state index contributed by atoms with van der Waals surface area (Å²) in [5.41, 5.74) is 1.68. The summed E-state index contributed by atoms with van der Waals surface area (Å²) in [6.45, 7) is 2.54. The number of hydrogen-bond acceptors (Lipinski definition) is 2. The molecular formula is C10H10N2O2. The van der Waals surface area contributed by atoms with Crippen LogP contribution >= 0.6 is 0 Å². The van der Waals surface area contributed by atoms with Crippen molar-refractivity contribution in [2.24, 2.45) is 0 Å². The minimum atomic E-state index is -0.0525. The van der Waals surface area contributed by atoms with Crippen LogP contribution in [0.3, 0.4) is 0 Å². The number of ether oxygens (including phenoxy) is 1. The molecule has 0 bridgehead atoms. The van der Waals surface area contributed by atoms with Crippen LogP contribution in [0.15, 0.2) is 23.0 Å². The zero-order valence-corrected chi connectivity index (χ0v) is 7.78. The molecule has 2 aromatic rings. The van der Waals surface area contributed by atoms with Crippen LogP contribution in [0.4, 0.5) is 0 Å². The molecule has 1 aromatic carbocycles. The Morgan fingerprint density at radius 3 is 3.29 bits per heavy atom.